The Morgan fingerprint density at radius 3 is 2.56 bits per heavy atom. The first-order valence-electron chi connectivity index (χ1n) is 7.38. The standard InChI is InChI=1S/C14H29NO2S/c1-2-8-15-14(11-18-10-13(17)9-16)12-6-4-3-5-7-12/h12-17H,2-11H2,1H3. The number of hydrogen-bond donors (Lipinski definition) is 3. The minimum absolute atomic E-state index is 0.122. The molecule has 1 saturated carbocycles. The second-order valence-electron chi connectivity index (χ2n) is 5.33. The Balaban J connectivity index is 2.29. The molecule has 0 bridgehead atoms. The lowest BCUT2D eigenvalue weighted by Gasteiger charge is -2.31. The van der Waals surface area contributed by atoms with Crippen LogP contribution in [0.3, 0.4) is 0 Å². The van der Waals surface area contributed by atoms with E-state index in [4.69, 9.17) is 5.11 Å². The van der Waals surface area contributed by atoms with Gasteiger partial charge in [0, 0.05) is 17.5 Å². The lowest BCUT2D eigenvalue weighted by molar-refractivity contribution is 0.113. The van der Waals surface area contributed by atoms with Crippen molar-refractivity contribution in [3.05, 3.63) is 0 Å². The third-order valence-corrected chi connectivity index (χ3v) is 4.91. The van der Waals surface area contributed by atoms with E-state index in [9.17, 15) is 5.11 Å². The summed E-state index contributed by atoms with van der Waals surface area (Å²) in [5.74, 6) is 2.51. The van der Waals surface area contributed by atoms with Gasteiger partial charge in [0.05, 0.1) is 12.7 Å². The molecule has 3 nitrogen and oxygen atoms in total. The predicted molar refractivity (Wildman–Crippen MR) is 79.1 cm³/mol. The minimum Gasteiger partial charge on any atom is -0.394 e. The van der Waals surface area contributed by atoms with Crippen LogP contribution in [0.25, 0.3) is 0 Å². The maximum Gasteiger partial charge on any atom is 0.0861 e. The van der Waals surface area contributed by atoms with Gasteiger partial charge in [0.15, 0.2) is 0 Å². The van der Waals surface area contributed by atoms with Gasteiger partial charge in [-0.15, -0.1) is 0 Å². The average Bonchev–Trinajstić information content (AvgIpc) is 2.43. The van der Waals surface area contributed by atoms with Crippen molar-refractivity contribution in [2.75, 3.05) is 24.7 Å². The monoisotopic (exact) mass is 275 g/mol. The molecule has 1 aliphatic rings. The third-order valence-electron chi connectivity index (χ3n) is 3.69. The zero-order valence-electron chi connectivity index (χ0n) is 11.6. The molecule has 108 valence electrons. The van der Waals surface area contributed by atoms with Crippen LogP contribution >= 0.6 is 11.8 Å². The lowest BCUT2D eigenvalue weighted by Crippen LogP contribution is -2.40. The van der Waals surface area contributed by atoms with Crippen LogP contribution in [0, 0.1) is 5.92 Å². The van der Waals surface area contributed by atoms with Crippen molar-refractivity contribution in [1.82, 2.24) is 5.32 Å². The Hall–Kier alpha value is 0.230. The summed E-state index contributed by atoms with van der Waals surface area (Å²) in [7, 11) is 0. The average molecular weight is 275 g/mol. The molecule has 0 aromatic heterocycles. The zero-order chi connectivity index (χ0) is 13.2. The molecule has 3 N–H and O–H groups in total. The van der Waals surface area contributed by atoms with Crippen LogP contribution in [0.2, 0.25) is 0 Å². The largest absolute Gasteiger partial charge is 0.394 e. The van der Waals surface area contributed by atoms with E-state index in [1.165, 1.54) is 38.5 Å². The van der Waals surface area contributed by atoms with E-state index in [0.717, 1.165) is 18.2 Å². The van der Waals surface area contributed by atoms with Crippen LogP contribution < -0.4 is 5.32 Å². The van der Waals surface area contributed by atoms with Crippen molar-refractivity contribution in [2.45, 2.75) is 57.6 Å². The summed E-state index contributed by atoms with van der Waals surface area (Å²) in [6, 6.07) is 0.584. The summed E-state index contributed by atoms with van der Waals surface area (Å²) < 4.78 is 0. The smallest absolute Gasteiger partial charge is 0.0861 e. The highest BCUT2D eigenvalue weighted by Gasteiger charge is 2.23. The molecular formula is C14H29NO2S. The summed E-state index contributed by atoms with van der Waals surface area (Å²) in [4.78, 5) is 0. The van der Waals surface area contributed by atoms with Gasteiger partial charge in [-0.1, -0.05) is 26.2 Å². The molecule has 0 spiro atoms. The molecule has 18 heavy (non-hydrogen) atoms. The fraction of sp³-hybridized carbons (Fsp3) is 1.00. The number of rotatable bonds is 9. The first kappa shape index (κ1) is 16.3. The van der Waals surface area contributed by atoms with Crippen molar-refractivity contribution in [3.63, 3.8) is 0 Å². The zero-order valence-corrected chi connectivity index (χ0v) is 12.4. The fourth-order valence-electron chi connectivity index (χ4n) is 2.61. The number of aliphatic hydroxyl groups is 2. The maximum absolute atomic E-state index is 9.37. The summed E-state index contributed by atoms with van der Waals surface area (Å²) >= 11 is 1.77. The molecule has 2 atom stereocenters. The molecule has 0 radical (unpaired) electrons. The van der Waals surface area contributed by atoms with Gasteiger partial charge in [0.25, 0.3) is 0 Å². The normalized spacial score (nSPS) is 20.8. The van der Waals surface area contributed by atoms with Gasteiger partial charge >= 0.3 is 0 Å². The number of aliphatic hydroxyl groups excluding tert-OH is 2. The Morgan fingerprint density at radius 2 is 1.94 bits per heavy atom. The molecule has 1 aliphatic carbocycles. The van der Waals surface area contributed by atoms with E-state index in [-0.39, 0.29) is 6.61 Å². The highest BCUT2D eigenvalue weighted by Crippen LogP contribution is 2.28. The summed E-state index contributed by atoms with van der Waals surface area (Å²) in [5.41, 5.74) is 0. The van der Waals surface area contributed by atoms with Gasteiger partial charge in [-0.2, -0.15) is 11.8 Å². The Labute approximate surface area is 116 Å². The number of nitrogens with one attached hydrogen (secondary N) is 1. The second-order valence-corrected chi connectivity index (χ2v) is 6.41. The van der Waals surface area contributed by atoms with Crippen LogP contribution in [0.5, 0.6) is 0 Å². The molecule has 1 rings (SSSR count). The van der Waals surface area contributed by atoms with Gasteiger partial charge in [0.1, 0.15) is 0 Å². The van der Waals surface area contributed by atoms with E-state index in [2.05, 4.69) is 12.2 Å². The Kier molecular flexibility index (Phi) is 9.11. The SMILES string of the molecule is CCCNC(CSCC(O)CO)C1CCCCC1. The molecule has 0 aliphatic heterocycles. The second kappa shape index (κ2) is 10.1. The van der Waals surface area contributed by atoms with E-state index in [1.807, 2.05) is 0 Å². The molecular weight excluding hydrogens is 246 g/mol. The van der Waals surface area contributed by atoms with Gasteiger partial charge < -0.3 is 15.5 Å². The molecule has 1 fully saturated rings. The molecule has 0 saturated heterocycles. The van der Waals surface area contributed by atoms with Crippen LogP contribution in [-0.4, -0.2) is 47.0 Å². The Bertz CT molecular complexity index is 198. The topological polar surface area (TPSA) is 52.5 Å². The van der Waals surface area contributed by atoms with Gasteiger partial charge in [-0.25, -0.2) is 0 Å². The summed E-state index contributed by atoms with van der Waals surface area (Å²) in [5, 5.41) is 21.8. The number of thioether (sulfide) groups is 1. The van der Waals surface area contributed by atoms with Gasteiger partial charge in [-0.05, 0) is 31.7 Å². The van der Waals surface area contributed by atoms with Crippen LogP contribution in [-0.2, 0) is 0 Å². The molecule has 2 unspecified atom stereocenters. The molecule has 4 heteroatoms. The quantitative estimate of drug-likeness (QED) is 0.602. The van der Waals surface area contributed by atoms with Crippen molar-refractivity contribution in [1.29, 1.82) is 0 Å². The summed E-state index contributed by atoms with van der Waals surface area (Å²) in [6.07, 6.45) is 7.46. The van der Waals surface area contributed by atoms with E-state index in [1.54, 1.807) is 11.8 Å². The van der Waals surface area contributed by atoms with Gasteiger partial charge in [-0.3, -0.25) is 0 Å². The van der Waals surface area contributed by atoms with Crippen LogP contribution in [0.4, 0.5) is 0 Å². The summed E-state index contributed by atoms with van der Waals surface area (Å²) in [6.45, 7) is 3.17. The molecule has 0 aromatic rings. The van der Waals surface area contributed by atoms with E-state index < -0.39 is 6.10 Å². The lowest BCUT2D eigenvalue weighted by atomic mass is 9.84. The Morgan fingerprint density at radius 1 is 1.22 bits per heavy atom. The maximum atomic E-state index is 9.37. The first-order valence-corrected chi connectivity index (χ1v) is 8.53. The van der Waals surface area contributed by atoms with E-state index >= 15 is 0 Å². The minimum atomic E-state index is -0.562. The molecule has 0 heterocycles. The van der Waals surface area contributed by atoms with Crippen molar-refractivity contribution >= 4 is 11.8 Å². The van der Waals surface area contributed by atoms with Gasteiger partial charge in [0.2, 0.25) is 0 Å². The first-order chi connectivity index (χ1) is 8.77. The highest BCUT2D eigenvalue weighted by molar-refractivity contribution is 7.99. The number of hydrogen-bond acceptors (Lipinski definition) is 4. The molecule has 0 aromatic carbocycles. The van der Waals surface area contributed by atoms with Crippen LogP contribution in [0.15, 0.2) is 0 Å². The van der Waals surface area contributed by atoms with Crippen molar-refractivity contribution in [3.8, 4) is 0 Å². The highest BCUT2D eigenvalue weighted by atomic mass is 32.2. The van der Waals surface area contributed by atoms with Crippen LogP contribution in [0.1, 0.15) is 45.4 Å². The predicted octanol–water partition coefficient (Wildman–Crippen LogP) is 2.02. The fourth-order valence-corrected chi connectivity index (χ4v) is 3.77. The van der Waals surface area contributed by atoms with E-state index in [0.29, 0.717) is 11.8 Å². The van der Waals surface area contributed by atoms with Crippen molar-refractivity contribution in [2.24, 2.45) is 5.92 Å². The molecule has 0 amide bonds. The third kappa shape index (κ3) is 6.41. The van der Waals surface area contributed by atoms with Crippen molar-refractivity contribution < 1.29 is 10.2 Å².